The average molecular weight is 1400 g/mol. The molecule has 1 aromatic heterocycles. The summed E-state index contributed by atoms with van der Waals surface area (Å²) in [7, 11) is -11.1. The molecule has 3 heterocycles. The molecule has 0 bridgehead atoms. The lowest BCUT2D eigenvalue weighted by atomic mass is 9.71. The average Bonchev–Trinajstić information content (AvgIpc) is 0.883. The second-order valence-corrected chi connectivity index (χ2v) is 52.8. The van der Waals surface area contributed by atoms with Crippen LogP contribution in [0.3, 0.4) is 0 Å². The molecule has 0 saturated carbocycles. The van der Waals surface area contributed by atoms with Crippen molar-refractivity contribution in [3.8, 4) is 5.75 Å². The summed E-state index contributed by atoms with van der Waals surface area (Å²) in [6.45, 7) is 58.6. The summed E-state index contributed by atoms with van der Waals surface area (Å²) in [5, 5.41) is 12.9. The number of hydrogen-bond acceptors (Lipinski definition) is 18. The summed E-state index contributed by atoms with van der Waals surface area (Å²) in [6, 6.07) is 10.1. The first-order valence-corrected chi connectivity index (χ1v) is 45.7. The van der Waals surface area contributed by atoms with E-state index >= 15 is 4.79 Å². The summed E-state index contributed by atoms with van der Waals surface area (Å²) in [5.41, 5.74) is 1.11. The van der Waals surface area contributed by atoms with E-state index in [2.05, 4.69) is 155 Å². The molecular weight excluding hydrogens is 1280 g/mol. The van der Waals surface area contributed by atoms with Gasteiger partial charge in [0.1, 0.15) is 49.5 Å². The van der Waals surface area contributed by atoms with Gasteiger partial charge in [0.15, 0.2) is 45.1 Å². The first-order chi connectivity index (χ1) is 43.0. The van der Waals surface area contributed by atoms with Crippen LogP contribution in [0.1, 0.15) is 172 Å². The highest BCUT2D eigenvalue weighted by molar-refractivity contribution is 7.18. The maximum Gasteiger partial charge on any atom is 0.508 e. The van der Waals surface area contributed by atoms with E-state index < -0.39 is 135 Å². The maximum absolute atomic E-state index is 15.7. The fraction of sp³-hybridized carbons (Fsp3) is 0.676. The number of esters is 2. The van der Waals surface area contributed by atoms with Crippen molar-refractivity contribution in [1.29, 1.82) is 0 Å². The van der Waals surface area contributed by atoms with Crippen LogP contribution in [0.5, 0.6) is 5.75 Å². The molecule has 0 amide bonds. The molecule has 0 spiro atoms. The number of nitro benzene ring substituents is 1. The van der Waals surface area contributed by atoms with Crippen LogP contribution in [0, 0.1) is 34.3 Å². The van der Waals surface area contributed by atoms with E-state index in [1.807, 2.05) is 39.0 Å². The molecule has 0 aliphatic carbocycles. The number of nitro groups is 1. The molecule has 94 heavy (non-hydrogen) atoms. The van der Waals surface area contributed by atoms with Crippen molar-refractivity contribution in [2.45, 2.75) is 284 Å². The summed E-state index contributed by atoms with van der Waals surface area (Å²) in [6.07, 6.45) is -2.39. The third kappa shape index (κ3) is 20.0. The topological polar surface area (TPSA) is 217 Å². The second kappa shape index (κ2) is 31.0. The Morgan fingerprint density at radius 3 is 1.88 bits per heavy atom. The molecule has 2 aliphatic rings. The molecule has 2 aliphatic heterocycles. The van der Waals surface area contributed by atoms with Crippen LogP contribution in [-0.4, -0.2) is 117 Å². The Labute approximate surface area is 570 Å². The first-order valence-electron chi connectivity index (χ1n) is 33.3. The third-order valence-corrected chi connectivity index (χ3v) is 39.5. The normalized spacial score (nSPS) is 24.6. The number of aryl methyl sites for hydroxylation is 1. The zero-order valence-electron chi connectivity index (χ0n) is 61.4. The molecule has 10 atom stereocenters. The van der Waals surface area contributed by atoms with Gasteiger partial charge in [-0.1, -0.05) is 146 Å². The Balaban J connectivity index is 1.54. The van der Waals surface area contributed by atoms with Crippen LogP contribution in [0.4, 0.5) is 10.5 Å². The Kier molecular flexibility index (Phi) is 26.4. The van der Waals surface area contributed by atoms with Crippen molar-refractivity contribution in [2.75, 3.05) is 6.61 Å². The number of carbonyl (C=O) groups is 4. The van der Waals surface area contributed by atoms with E-state index in [1.54, 1.807) is 31.3 Å². The lowest BCUT2D eigenvalue weighted by Gasteiger charge is -2.53. The molecule has 23 heteroatoms. The zero-order chi connectivity index (χ0) is 71.3. The smallest absolute Gasteiger partial charge is 0.459 e. The van der Waals surface area contributed by atoms with Gasteiger partial charge in [-0.2, -0.15) is 0 Å². The quantitative estimate of drug-likeness (QED) is 0.0257. The summed E-state index contributed by atoms with van der Waals surface area (Å²) < 4.78 is 68.0. The molecule has 0 N–H and O–H groups in total. The molecule has 0 radical (unpaired) electrons. The van der Waals surface area contributed by atoms with Gasteiger partial charge in [0.05, 0.1) is 38.6 Å². The first kappa shape index (κ1) is 80.0. The molecule has 2 aromatic carbocycles. The maximum atomic E-state index is 15.7. The lowest BCUT2D eigenvalue weighted by molar-refractivity contribution is -0.387. The van der Waals surface area contributed by atoms with E-state index in [4.69, 9.17) is 51.1 Å². The van der Waals surface area contributed by atoms with Crippen molar-refractivity contribution in [3.63, 3.8) is 0 Å². The fourth-order valence-corrected chi connectivity index (χ4v) is 16.6. The molecule has 5 rings (SSSR count). The van der Waals surface area contributed by atoms with E-state index in [-0.39, 0.29) is 56.7 Å². The van der Waals surface area contributed by atoms with Gasteiger partial charge >= 0.3 is 23.8 Å². The van der Waals surface area contributed by atoms with Crippen molar-refractivity contribution in [2.24, 2.45) is 17.3 Å². The van der Waals surface area contributed by atoms with Gasteiger partial charge in [-0.05, 0) is 147 Å². The Hall–Kier alpha value is -4.70. The Bertz CT molecular complexity index is 3200. The number of nitrogens with zero attached hydrogens (tertiary/aromatic N) is 2. The van der Waals surface area contributed by atoms with E-state index in [0.29, 0.717) is 25.7 Å². The molecule has 0 unspecified atom stereocenters. The molecule has 1 saturated heterocycles. The number of fused-ring (bicyclic) bond motifs is 1. The fourth-order valence-electron chi connectivity index (χ4n) is 10.5. The standard InChI is InChI=1S/C71H114N2O16SSi4/c1-28-31-50-58(46(4)33-30-32-45(3)34-37-53(49-36-39-55-51(42-49)72-47(5)90-55)82-57(74)43-56(71(18,19)63(50)75)86-91(20,21)67(6,7)8)85-66(77)81-44-48-35-38-54(52(41-48)73(78)79)83-65-62(89-94(26,27)70(15,16)17)60(88-93(24,25)69(12,13)14)59(87-92(22,23)68(9,10)11)61(84-65)64(76)80-40-29-2/h28-29,34-36,38-39,41-42,46,50,53,56,58-62,65H,1-2,30-33,37,40,43-44H2,3-27H3/t46-,50+,53-,56-,58-,59+,60-,61-,62+,65+/m0/s1. The number of allylic oxidation sites excluding steroid dienone is 2. The van der Waals surface area contributed by atoms with E-state index in [0.717, 1.165) is 26.4 Å². The monoisotopic (exact) mass is 1390 g/mol. The van der Waals surface area contributed by atoms with Crippen LogP contribution < -0.4 is 4.74 Å². The highest BCUT2D eigenvalue weighted by Crippen LogP contribution is 2.48. The number of rotatable bonds is 20. The number of ketones is 1. The van der Waals surface area contributed by atoms with Crippen molar-refractivity contribution in [1.82, 2.24) is 4.98 Å². The van der Waals surface area contributed by atoms with Gasteiger partial charge in [-0.15, -0.1) is 17.9 Å². The van der Waals surface area contributed by atoms with Gasteiger partial charge < -0.3 is 46.1 Å². The van der Waals surface area contributed by atoms with Gasteiger partial charge in [-0.25, -0.2) is 14.6 Å². The number of carbonyl (C=O) groups excluding carboxylic acids is 4. The van der Waals surface area contributed by atoms with E-state index in [9.17, 15) is 24.5 Å². The zero-order valence-corrected chi connectivity index (χ0v) is 66.2. The number of ether oxygens (including phenoxy) is 6. The van der Waals surface area contributed by atoms with E-state index in [1.165, 1.54) is 24.3 Å². The Morgan fingerprint density at radius 1 is 0.766 bits per heavy atom. The number of cyclic esters (lactones) is 1. The lowest BCUT2D eigenvalue weighted by Crippen LogP contribution is -2.69. The summed E-state index contributed by atoms with van der Waals surface area (Å²) in [5.74, 6) is -3.14. The minimum Gasteiger partial charge on any atom is -0.459 e. The number of benzene rings is 2. The SMILES string of the molecule is C=CCOC(=O)[C@H]1O[C@@H](Oc2ccc(COC(=O)O[C@H]3[C@@H](C)CCCC(C)=CC[C@@H](c4ccc5sc(C)nc5c4)OC(=O)C[C@H](O[Si](C)(C)C(C)(C)C)C(C)(C)C(=O)[C@@H]3CC=C)cc2[N+](=O)[O-])[C@H](O[Si](C)(C)C(C)(C)C)[C@@H](O[Si](C)(C)C(C)(C)C)[C@H]1O[Si](C)(C)C(C)(C)C. The van der Waals surface area contributed by atoms with Crippen molar-refractivity contribution < 1.29 is 70.2 Å². The molecule has 526 valence electrons. The predicted molar refractivity (Wildman–Crippen MR) is 383 cm³/mol. The second-order valence-electron chi connectivity index (χ2n) is 32.6. The summed E-state index contributed by atoms with van der Waals surface area (Å²) in [4.78, 5) is 76.5. The largest absolute Gasteiger partial charge is 0.508 e. The molecular formula is C71H114N2O16SSi4. The minimum atomic E-state index is -2.82. The van der Waals surface area contributed by atoms with Crippen LogP contribution in [0.2, 0.25) is 72.5 Å². The Morgan fingerprint density at radius 2 is 1.33 bits per heavy atom. The van der Waals surface area contributed by atoms with Crippen molar-refractivity contribution in [3.05, 3.63) is 99.6 Å². The highest BCUT2D eigenvalue weighted by atomic mass is 32.1. The van der Waals surface area contributed by atoms with Gasteiger partial charge in [0.2, 0.25) is 6.29 Å². The van der Waals surface area contributed by atoms with Crippen LogP contribution in [0.15, 0.2) is 73.4 Å². The minimum absolute atomic E-state index is 0.117. The van der Waals surface area contributed by atoms with Crippen LogP contribution in [0.25, 0.3) is 10.2 Å². The van der Waals surface area contributed by atoms with Crippen molar-refractivity contribution >= 4 is 84.4 Å². The molecule has 18 nitrogen and oxygen atoms in total. The van der Waals surface area contributed by atoms with Gasteiger partial charge in [0, 0.05) is 17.9 Å². The molecule has 1 fully saturated rings. The van der Waals surface area contributed by atoms with Gasteiger partial charge in [-0.3, -0.25) is 19.7 Å². The molecule has 3 aromatic rings. The number of aromatic nitrogens is 1. The third-order valence-electron chi connectivity index (χ3n) is 20.7. The van der Waals surface area contributed by atoms with Crippen LogP contribution in [-0.2, 0) is 62.4 Å². The van der Waals surface area contributed by atoms with Crippen LogP contribution >= 0.6 is 11.3 Å². The number of Topliss-reactive ketones (excluding diaryl/α,β-unsaturated/α-hetero) is 1. The number of thiazole rings is 1. The number of hydrogen-bond donors (Lipinski definition) is 0. The van der Waals surface area contributed by atoms with Gasteiger partial charge in [0.25, 0.3) is 0 Å². The predicted octanol–water partition coefficient (Wildman–Crippen LogP) is 18.5. The highest BCUT2D eigenvalue weighted by Gasteiger charge is 2.60. The summed E-state index contributed by atoms with van der Waals surface area (Å²) >= 11 is 1.60.